The quantitative estimate of drug-likeness (QED) is 0.585. The van der Waals surface area contributed by atoms with Gasteiger partial charge >= 0.3 is 6.55 Å². The number of nitrogens with one attached hydrogen (secondary N) is 2. The first kappa shape index (κ1) is 18.3. The third kappa shape index (κ3) is 4.00. The first-order valence-corrected chi connectivity index (χ1v) is 8.63. The number of alkyl halides is 2. The maximum absolute atomic E-state index is 14.1. The summed E-state index contributed by atoms with van der Waals surface area (Å²) < 4.78 is 40.6. The molecule has 1 aromatic heterocycles. The summed E-state index contributed by atoms with van der Waals surface area (Å²) in [6.45, 7) is 0.458. The molecule has 0 unspecified atom stereocenters. The van der Waals surface area contributed by atoms with Crippen molar-refractivity contribution in [2.45, 2.75) is 38.3 Å². The molecule has 0 saturated heterocycles. The molecule has 0 amide bonds. The number of rotatable bonds is 7. The van der Waals surface area contributed by atoms with Crippen molar-refractivity contribution in [2.24, 2.45) is 4.99 Å². The van der Waals surface area contributed by atoms with Gasteiger partial charge in [0, 0.05) is 30.9 Å². The topological polar surface area (TPSA) is 54.2 Å². The normalized spacial score (nSPS) is 16.0. The molecule has 0 atom stereocenters. The van der Waals surface area contributed by atoms with Crippen LogP contribution in [0.1, 0.15) is 37.7 Å². The van der Waals surface area contributed by atoms with Gasteiger partial charge in [0.15, 0.2) is 5.96 Å². The van der Waals surface area contributed by atoms with E-state index in [1.165, 1.54) is 18.5 Å². The molecule has 0 bridgehead atoms. The third-order valence-corrected chi connectivity index (χ3v) is 4.57. The highest BCUT2D eigenvalue weighted by Gasteiger charge is 2.45. The Bertz CT molecular complexity index is 768. The summed E-state index contributed by atoms with van der Waals surface area (Å²) in [7, 11) is 0. The van der Waals surface area contributed by atoms with Crippen LogP contribution in [-0.4, -0.2) is 28.6 Å². The lowest BCUT2D eigenvalue weighted by atomic mass is 9.95. The smallest absolute Gasteiger partial charge is 0.319 e. The van der Waals surface area contributed by atoms with Crippen LogP contribution in [0.15, 0.2) is 41.7 Å². The first-order chi connectivity index (χ1) is 12.6. The van der Waals surface area contributed by atoms with Crippen molar-refractivity contribution in [3.63, 3.8) is 0 Å². The number of aromatic nitrogens is 2. The molecule has 3 rings (SSSR count). The number of benzene rings is 1. The number of halogens is 3. The lowest BCUT2D eigenvalue weighted by molar-refractivity contribution is 0.0671. The Morgan fingerprint density at radius 3 is 2.73 bits per heavy atom. The Morgan fingerprint density at radius 1 is 1.31 bits per heavy atom. The van der Waals surface area contributed by atoms with E-state index in [2.05, 4.69) is 20.6 Å². The molecule has 1 heterocycles. The molecule has 5 nitrogen and oxygen atoms in total. The molecule has 1 aliphatic rings. The average molecular weight is 365 g/mol. The van der Waals surface area contributed by atoms with Crippen LogP contribution in [-0.2, 0) is 12.0 Å². The molecule has 140 valence electrons. The monoisotopic (exact) mass is 365 g/mol. The number of nitrogens with zero attached hydrogens (tertiary/aromatic N) is 3. The molecule has 8 heteroatoms. The summed E-state index contributed by atoms with van der Waals surface area (Å²) in [4.78, 5) is 8.25. The van der Waals surface area contributed by atoms with Crippen LogP contribution in [0.5, 0.6) is 0 Å². The number of guanidine groups is 1. The van der Waals surface area contributed by atoms with E-state index in [-0.39, 0.29) is 23.6 Å². The SMILES string of the molecule is CCNC(=NCc1nccn1C(F)F)NCC1(c2ccccc2F)CC1. The minimum atomic E-state index is -2.64. The van der Waals surface area contributed by atoms with E-state index in [0.717, 1.165) is 17.4 Å². The Balaban J connectivity index is 1.67. The van der Waals surface area contributed by atoms with Crippen LogP contribution in [0.4, 0.5) is 13.2 Å². The zero-order valence-electron chi connectivity index (χ0n) is 14.6. The summed E-state index contributed by atoms with van der Waals surface area (Å²) >= 11 is 0. The predicted molar refractivity (Wildman–Crippen MR) is 93.6 cm³/mol. The molecule has 1 fully saturated rings. The Labute approximate surface area is 150 Å². The van der Waals surface area contributed by atoms with Gasteiger partial charge in [-0.25, -0.2) is 14.4 Å². The number of aliphatic imine (C=N–C) groups is 1. The lowest BCUT2D eigenvalue weighted by Crippen LogP contribution is -2.41. The Kier molecular flexibility index (Phi) is 5.49. The van der Waals surface area contributed by atoms with Gasteiger partial charge in [0.2, 0.25) is 0 Å². The molecule has 1 aromatic carbocycles. The van der Waals surface area contributed by atoms with Crippen molar-refractivity contribution in [1.29, 1.82) is 0 Å². The Morgan fingerprint density at radius 2 is 2.08 bits per heavy atom. The van der Waals surface area contributed by atoms with Crippen molar-refractivity contribution in [3.05, 3.63) is 53.9 Å². The highest BCUT2D eigenvalue weighted by Crippen LogP contribution is 2.48. The van der Waals surface area contributed by atoms with Gasteiger partial charge in [0.25, 0.3) is 0 Å². The van der Waals surface area contributed by atoms with Crippen LogP contribution in [0.25, 0.3) is 0 Å². The van der Waals surface area contributed by atoms with Gasteiger partial charge in [0.05, 0.1) is 0 Å². The van der Waals surface area contributed by atoms with Gasteiger partial charge < -0.3 is 10.6 Å². The predicted octanol–water partition coefficient (Wildman–Crippen LogP) is 3.20. The first-order valence-electron chi connectivity index (χ1n) is 8.63. The molecule has 2 N–H and O–H groups in total. The fourth-order valence-electron chi connectivity index (χ4n) is 2.97. The molecule has 0 radical (unpaired) electrons. The number of hydrogen-bond donors (Lipinski definition) is 2. The standard InChI is InChI=1S/C18H22F3N5/c1-2-22-17(24-11-15-23-9-10-26(15)16(20)21)25-12-18(7-8-18)13-5-3-4-6-14(13)19/h3-6,9-10,16H,2,7-8,11-12H2,1H3,(H2,22,24,25). The molecular formula is C18H22F3N5. The molecule has 0 aliphatic heterocycles. The average Bonchev–Trinajstić information content (AvgIpc) is 3.25. The second-order valence-corrected chi connectivity index (χ2v) is 6.34. The van der Waals surface area contributed by atoms with Gasteiger partial charge in [-0.3, -0.25) is 4.57 Å². The van der Waals surface area contributed by atoms with Crippen LogP contribution in [0, 0.1) is 5.82 Å². The van der Waals surface area contributed by atoms with E-state index in [4.69, 9.17) is 0 Å². The van der Waals surface area contributed by atoms with Crippen molar-refractivity contribution in [1.82, 2.24) is 20.2 Å². The van der Waals surface area contributed by atoms with E-state index in [9.17, 15) is 13.2 Å². The van der Waals surface area contributed by atoms with Gasteiger partial charge in [-0.1, -0.05) is 18.2 Å². The highest BCUT2D eigenvalue weighted by atomic mass is 19.3. The van der Waals surface area contributed by atoms with E-state index in [0.29, 0.717) is 24.6 Å². The van der Waals surface area contributed by atoms with Crippen LogP contribution < -0.4 is 10.6 Å². The largest absolute Gasteiger partial charge is 0.357 e. The maximum atomic E-state index is 14.1. The van der Waals surface area contributed by atoms with Crippen molar-refractivity contribution in [2.75, 3.05) is 13.1 Å². The summed E-state index contributed by atoms with van der Waals surface area (Å²) in [5, 5.41) is 6.29. The summed E-state index contributed by atoms with van der Waals surface area (Å²) in [5.74, 6) is 0.485. The molecule has 2 aromatic rings. The summed E-state index contributed by atoms with van der Waals surface area (Å²) in [6.07, 6.45) is 4.36. The fraction of sp³-hybridized carbons (Fsp3) is 0.444. The van der Waals surface area contributed by atoms with Gasteiger partial charge in [-0.15, -0.1) is 0 Å². The summed E-state index contributed by atoms with van der Waals surface area (Å²) in [5.41, 5.74) is 0.472. The third-order valence-electron chi connectivity index (χ3n) is 4.57. The molecule has 1 saturated carbocycles. The Hall–Kier alpha value is -2.51. The van der Waals surface area contributed by atoms with Crippen LogP contribution >= 0.6 is 0 Å². The minimum Gasteiger partial charge on any atom is -0.357 e. The molecule has 1 aliphatic carbocycles. The van der Waals surface area contributed by atoms with Crippen molar-refractivity contribution < 1.29 is 13.2 Å². The zero-order chi connectivity index (χ0) is 18.6. The maximum Gasteiger partial charge on any atom is 0.319 e. The molecule has 26 heavy (non-hydrogen) atoms. The van der Waals surface area contributed by atoms with E-state index >= 15 is 0 Å². The van der Waals surface area contributed by atoms with E-state index in [1.54, 1.807) is 6.07 Å². The zero-order valence-corrected chi connectivity index (χ0v) is 14.6. The van der Waals surface area contributed by atoms with Crippen molar-refractivity contribution >= 4 is 5.96 Å². The van der Waals surface area contributed by atoms with E-state index < -0.39 is 6.55 Å². The van der Waals surface area contributed by atoms with Gasteiger partial charge in [-0.2, -0.15) is 8.78 Å². The van der Waals surface area contributed by atoms with Gasteiger partial charge in [-0.05, 0) is 31.4 Å². The van der Waals surface area contributed by atoms with Gasteiger partial charge in [0.1, 0.15) is 18.2 Å². The number of imidazole rings is 1. The fourth-order valence-corrected chi connectivity index (χ4v) is 2.97. The minimum absolute atomic E-state index is 0.0272. The van der Waals surface area contributed by atoms with Crippen molar-refractivity contribution in [3.8, 4) is 0 Å². The summed E-state index contributed by atoms with van der Waals surface area (Å²) in [6, 6.07) is 6.80. The molecule has 0 spiro atoms. The van der Waals surface area contributed by atoms with Crippen LogP contribution in [0.3, 0.4) is 0 Å². The lowest BCUT2D eigenvalue weighted by Gasteiger charge is -2.19. The number of hydrogen-bond acceptors (Lipinski definition) is 2. The second kappa shape index (κ2) is 7.80. The molecular weight excluding hydrogens is 343 g/mol. The second-order valence-electron chi connectivity index (χ2n) is 6.34. The highest BCUT2D eigenvalue weighted by molar-refractivity contribution is 5.79. The van der Waals surface area contributed by atoms with E-state index in [1.807, 2.05) is 19.1 Å². The van der Waals surface area contributed by atoms with Crippen LogP contribution in [0.2, 0.25) is 0 Å².